The molecule has 470 valence electrons. The van der Waals surface area contributed by atoms with Crippen LogP contribution in [-0.4, -0.2) is 101 Å². The predicted octanol–water partition coefficient (Wildman–Crippen LogP) is 15.0. The summed E-state index contributed by atoms with van der Waals surface area (Å²) in [6, 6.07) is 0. The van der Waals surface area contributed by atoms with Gasteiger partial charge in [0.15, 0.2) is 8.32 Å². The van der Waals surface area contributed by atoms with Crippen molar-refractivity contribution in [3.05, 3.63) is 24.3 Å². The number of esters is 1. The van der Waals surface area contributed by atoms with Crippen LogP contribution in [0.3, 0.4) is 0 Å². The second-order valence-electron chi connectivity index (χ2n) is 33.6. The second-order valence-corrected chi connectivity index (χ2v) is 39.5. The van der Waals surface area contributed by atoms with Crippen LogP contribution in [0.25, 0.3) is 0 Å². The van der Waals surface area contributed by atoms with E-state index in [2.05, 4.69) is 139 Å². The van der Waals surface area contributed by atoms with Crippen molar-refractivity contribution in [2.75, 3.05) is 37.5 Å². The van der Waals surface area contributed by atoms with Gasteiger partial charge in [-0.25, -0.2) is 0 Å². The number of fused-ring (bicyclic) bond motifs is 14. The summed E-state index contributed by atoms with van der Waals surface area (Å²) in [5, 5.41) is 63.0. The fourth-order valence-corrected chi connectivity index (χ4v) is 25.5. The minimum absolute atomic E-state index is 0.0542. The lowest BCUT2D eigenvalue weighted by atomic mass is 9.32. The standard InChI is InChI=1S/C32H52O5.C30H48O4.C8H19IOSi/c1-20(2)21-9-14-32(27(36)37-18-17-33)16-15-30(5)22(26(21)32)7-8-24-28(3)12-11-25(35)29(4,19-34)23(28)10-13-31(24,30)6;1-18(2)19-9-14-30(25(33)34)16-15-28(5)20(24(19)30)7-8-22-26(3)12-11-23(32)27(4,17-31)21(26)10-13-29(22,28)6;1-8(2,3)11(4,5)10-7-6-9/h21-26,33-35H,1,7-19H2,2-6H3;19-24,31-32H,1,7-17H2,2-6H3,(H,33,34);6-7H2,1-5H3/t21-,22?,23?,24?,25-,26?,28-,29-,30+,31+,32-;19-,20?,21?,22?,23-,24?,26-,27-,28+,29+,30-;/m00./s1. The molecule has 10 rings (SSSR count). The number of aliphatic hydroxyl groups excluding tert-OH is 5. The Morgan fingerprint density at radius 1 is 0.549 bits per heavy atom. The van der Waals surface area contributed by atoms with Crippen molar-refractivity contribution in [2.24, 2.45) is 113 Å². The number of ether oxygens (including phenoxy) is 1. The number of hydrogen-bond acceptors (Lipinski definition) is 9. The Morgan fingerprint density at radius 3 is 1.34 bits per heavy atom. The summed E-state index contributed by atoms with van der Waals surface area (Å²) in [5.74, 6) is 3.16. The van der Waals surface area contributed by atoms with Gasteiger partial charge in [0, 0.05) is 21.9 Å². The smallest absolute Gasteiger partial charge is 0.312 e. The number of halogens is 1. The van der Waals surface area contributed by atoms with Crippen molar-refractivity contribution in [3.8, 4) is 0 Å². The highest BCUT2D eigenvalue weighted by Crippen LogP contribution is 2.80. The third-order valence-electron chi connectivity index (χ3n) is 29.9. The van der Waals surface area contributed by atoms with Crippen LogP contribution >= 0.6 is 22.6 Å². The van der Waals surface area contributed by atoms with E-state index in [4.69, 9.17) is 9.16 Å². The van der Waals surface area contributed by atoms with Crippen molar-refractivity contribution in [1.82, 2.24) is 0 Å². The lowest BCUT2D eigenvalue weighted by Gasteiger charge is -2.72. The molecule has 82 heavy (non-hydrogen) atoms. The molecule has 0 aromatic carbocycles. The summed E-state index contributed by atoms with van der Waals surface area (Å²) < 4.78 is 12.6. The quantitative estimate of drug-likeness (QED) is 0.0384. The molecule has 10 fully saturated rings. The zero-order chi connectivity index (χ0) is 61.0. The van der Waals surface area contributed by atoms with Gasteiger partial charge in [-0.3, -0.25) is 9.59 Å². The largest absolute Gasteiger partial charge is 0.481 e. The van der Waals surface area contributed by atoms with E-state index in [-0.39, 0.29) is 76.7 Å². The number of carbonyl (C=O) groups excluding carboxylic acids is 1. The summed E-state index contributed by atoms with van der Waals surface area (Å²) in [6.45, 7) is 44.8. The third-order valence-corrected chi connectivity index (χ3v) is 34.9. The predicted molar refractivity (Wildman–Crippen MR) is 340 cm³/mol. The molecule has 0 spiro atoms. The van der Waals surface area contributed by atoms with E-state index in [9.17, 15) is 40.2 Å². The first-order valence-corrected chi connectivity index (χ1v) is 37.5. The molecule has 0 radical (unpaired) electrons. The first-order valence-electron chi connectivity index (χ1n) is 33.1. The van der Waals surface area contributed by atoms with Crippen LogP contribution in [0, 0.1) is 113 Å². The molecular weight excluding hydrogens is 1160 g/mol. The van der Waals surface area contributed by atoms with Gasteiger partial charge in [0.1, 0.15) is 6.61 Å². The Kier molecular flexibility index (Phi) is 19.0. The fraction of sp³-hybridized carbons (Fsp3) is 0.914. The van der Waals surface area contributed by atoms with Gasteiger partial charge < -0.3 is 39.8 Å². The first-order chi connectivity index (χ1) is 38.0. The van der Waals surface area contributed by atoms with Crippen molar-refractivity contribution < 1.29 is 49.4 Å². The Bertz CT molecular complexity index is 2370. The van der Waals surface area contributed by atoms with Crippen LogP contribution in [0.5, 0.6) is 0 Å². The zero-order valence-electron chi connectivity index (χ0n) is 54.4. The maximum absolute atomic E-state index is 13.6. The second kappa shape index (κ2) is 23.2. The Balaban J connectivity index is 0.000000182. The number of alkyl halides is 1. The van der Waals surface area contributed by atoms with E-state index < -0.39 is 48.2 Å². The van der Waals surface area contributed by atoms with Gasteiger partial charge in [-0.05, 0) is 252 Å². The molecule has 10 saturated carbocycles. The minimum atomic E-state index is -1.43. The van der Waals surface area contributed by atoms with Crippen LogP contribution in [0.15, 0.2) is 24.3 Å². The van der Waals surface area contributed by atoms with E-state index in [0.29, 0.717) is 52.4 Å². The molecule has 0 heterocycles. The van der Waals surface area contributed by atoms with Gasteiger partial charge in [-0.15, -0.1) is 0 Å². The van der Waals surface area contributed by atoms with Crippen LogP contribution in [-0.2, 0) is 18.8 Å². The topological polar surface area (TPSA) is 174 Å². The molecule has 12 heteroatoms. The molecule has 10 aliphatic carbocycles. The van der Waals surface area contributed by atoms with Crippen LogP contribution in [0.4, 0.5) is 0 Å². The number of hydrogen-bond donors (Lipinski definition) is 6. The average Bonchev–Trinajstić information content (AvgIpc) is 1.000. The number of rotatable bonds is 11. The molecule has 10 aliphatic rings. The minimum Gasteiger partial charge on any atom is -0.481 e. The molecule has 6 N–H and O–H groups in total. The number of aliphatic carboxylic acids is 1. The van der Waals surface area contributed by atoms with Crippen molar-refractivity contribution in [3.63, 3.8) is 0 Å². The summed E-state index contributed by atoms with van der Waals surface area (Å²) in [6.07, 6.45) is 19.1. The van der Waals surface area contributed by atoms with Gasteiger partial charge in [0.05, 0.1) is 42.9 Å². The van der Waals surface area contributed by atoms with E-state index in [1.807, 2.05) is 0 Å². The molecule has 8 unspecified atom stereocenters. The zero-order valence-corrected chi connectivity index (χ0v) is 57.6. The highest BCUT2D eigenvalue weighted by atomic mass is 127. The molecule has 0 saturated heterocycles. The van der Waals surface area contributed by atoms with E-state index in [1.165, 1.54) is 11.1 Å². The van der Waals surface area contributed by atoms with Gasteiger partial charge in [-0.2, -0.15) is 0 Å². The number of carboxylic acids is 1. The lowest BCUT2D eigenvalue weighted by molar-refractivity contribution is -0.254. The number of carboxylic acid groups (broad SMARTS) is 1. The van der Waals surface area contributed by atoms with Gasteiger partial charge in [0.25, 0.3) is 0 Å². The van der Waals surface area contributed by atoms with Crippen molar-refractivity contribution in [1.29, 1.82) is 0 Å². The summed E-state index contributed by atoms with van der Waals surface area (Å²) >= 11 is 2.35. The Labute approximate surface area is 513 Å². The summed E-state index contributed by atoms with van der Waals surface area (Å²) in [7, 11) is -1.43. The van der Waals surface area contributed by atoms with E-state index >= 15 is 0 Å². The van der Waals surface area contributed by atoms with E-state index in [0.717, 1.165) is 139 Å². The third kappa shape index (κ3) is 9.88. The monoisotopic (exact) mass is 1270 g/mol. The first kappa shape index (κ1) is 67.1. The molecule has 0 aliphatic heterocycles. The molecule has 0 aromatic heterocycles. The average molecular weight is 1280 g/mol. The normalized spacial score (nSPS) is 49.1. The van der Waals surface area contributed by atoms with Crippen molar-refractivity contribution in [2.45, 2.75) is 249 Å². The maximum Gasteiger partial charge on any atom is 0.312 e. The van der Waals surface area contributed by atoms with Gasteiger partial charge >= 0.3 is 11.9 Å². The fourth-order valence-electron chi connectivity index (χ4n) is 23.8. The number of aliphatic hydroxyl groups is 5. The molecule has 0 bridgehead atoms. The Morgan fingerprint density at radius 2 is 0.963 bits per heavy atom. The summed E-state index contributed by atoms with van der Waals surface area (Å²) in [4.78, 5) is 26.4. The molecule has 22 atom stereocenters. The molecular formula is C70H119IO10Si. The summed E-state index contributed by atoms with van der Waals surface area (Å²) in [5.41, 5.74) is 1.30. The van der Waals surface area contributed by atoms with Crippen LogP contribution in [0.2, 0.25) is 18.1 Å². The highest BCUT2D eigenvalue weighted by Gasteiger charge is 2.75. The van der Waals surface area contributed by atoms with Crippen LogP contribution in [0.1, 0.15) is 218 Å². The van der Waals surface area contributed by atoms with Gasteiger partial charge in [0.2, 0.25) is 0 Å². The van der Waals surface area contributed by atoms with Crippen molar-refractivity contribution >= 4 is 42.8 Å². The SMILES string of the molecule is C=C(C)[C@@H]1CC[C@]2(C(=O)O)CC[C@]3(C)C(CCC4[C@@]5(C)CC[C@H](O)[C@@](C)(CO)C5CC[C@]43C)C12.C=C(C)[C@@H]1CC[C@]2(C(=O)OCCO)CC[C@]3(C)C(CCC4[C@@]5(C)CC[C@H](O)[C@@](C)(CO)C5CC[C@]43C)C12.CC(C)(C)[Si](C)(C)OCCI. The molecule has 0 amide bonds. The van der Waals surface area contributed by atoms with E-state index in [1.54, 1.807) is 0 Å². The van der Waals surface area contributed by atoms with Gasteiger partial charge in [-0.1, -0.05) is 123 Å². The van der Waals surface area contributed by atoms with Crippen LogP contribution < -0.4 is 0 Å². The molecule has 10 nitrogen and oxygen atoms in total. The molecule has 0 aromatic rings. The number of carbonyl (C=O) groups is 2. The lowest BCUT2D eigenvalue weighted by Crippen LogP contribution is -2.67. The number of allylic oxidation sites excluding steroid dienone is 2. The Hall–Kier alpha value is -0.873. The highest BCUT2D eigenvalue weighted by molar-refractivity contribution is 14.1. The maximum atomic E-state index is 13.6.